The number of thiazole rings is 1. The zero-order chi connectivity index (χ0) is 13.8. The number of aromatic nitrogens is 1. The van der Waals surface area contributed by atoms with Crippen molar-refractivity contribution in [3.63, 3.8) is 0 Å². The number of carbonyl (C=O) groups is 1. The molecule has 19 heavy (non-hydrogen) atoms. The van der Waals surface area contributed by atoms with Gasteiger partial charge in [0.15, 0.2) is 5.13 Å². The predicted molar refractivity (Wildman–Crippen MR) is 83.1 cm³/mol. The highest BCUT2D eigenvalue weighted by atomic mass is 32.2. The number of rotatable bonds is 4. The largest absolute Gasteiger partial charge is 0.382 e. The van der Waals surface area contributed by atoms with Crippen molar-refractivity contribution in [2.24, 2.45) is 0 Å². The van der Waals surface area contributed by atoms with Crippen molar-refractivity contribution < 1.29 is 4.79 Å². The van der Waals surface area contributed by atoms with E-state index in [-0.39, 0.29) is 11.9 Å². The van der Waals surface area contributed by atoms with Crippen LogP contribution in [0.15, 0.2) is 0 Å². The predicted octanol–water partition coefficient (Wildman–Crippen LogP) is 2.17. The first kappa shape index (κ1) is 14.5. The Morgan fingerprint density at radius 1 is 1.42 bits per heavy atom. The number of hydrogen-bond donors (Lipinski definition) is 3. The molecule has 0 radical (unpaired) electrons. The lowest BCUT2D eigenvalue weighted by Crippen LogP contribution is -2.38. The lowest BCUT2D eigenvalue weighted by Gasteiger charge is -2.27. The van der Waals surface area contributed by atoms with E-state index in [1.54, 1.807) is 7.05 Å². The normalized spacial score (nSPS) is 23.1. The number of thioether (sulfide) groups is 1. The molecule has 1 aromatic heterocycles. The second-order valence-corrected chi connectivity index (χ2v) is 6.80. The number of nitrogens with zero attached hydrogens (tertiary/aromatic N) is 1. The number of hydrogen-bond acceptors (Lipinski definition) is 6. The quantitative estimate of drug-likeness (QED) is 0.794. The molecule has 106 valence electrons. The summed E-state index contributed by atoms with van der Waals surface area (Å²) in [5.41, 5.74) is 5.76. The van der Waals surface area contributed by atoms with Gasteiger partial charge in [0.2, 0.25) is 0 Å². The van der Waals surface area contributed by atoms with Gasteiger partial charge in [0.25, 0.3) is 5.91 Å². The van der Waals surface area contributed by atoms with Gasteiger partial charge >= 0.3 is 0 Å². The maximum atomic E-state index is 12.2. The molecular weight excluding hydrogens is 280 g/mol. The average molecular weight is 300 g/mol. The molecular formula is C12H20N4OS2. The molecule has 1 aliphatic carbocycles. The number of nitrogen functional groups attached to an aromatic ring is 1. The molecule has 0 unspecified atom stereocenters. The highest BCUT2D eigenvalue weighted by Crippen LogP contribution is 2.28. The van der Waals surface area contributed by atoms with Crippen molar-refractivity contribution >= 4 is 40.0 Å². The highest BCUT2D eigenvalue weighted by Gasteiger charge is 2.24. The zero-order valence-corrected chi connectivity index (χ0v) is 12.9. The van der Waals surface area contributed by atoms with E-state index in [4.69, 9.17) is 5.73 Å². The van der Waals surface area contributed by atoms with Gasteiger partial charge in [-0.05, 0) is 31.9 Å². The van der Waals surface area contributed by atoms with Gasteiger partial charge in [-0.15, -0.1) is 0 Å². The fourth-order valence-electron chi connectivity index (χ4n) is 2.30. The van der Waals surface area contributed by atoms with Crippen LogP contribution in [0.1, 0.15) is 35.4 Å². The summed E-state index contributed by atoms with van der Waals surface area (Å²) in [6, 6.07) is 0.274. The van der Waals surface area contributed by atoms with Crippen LogP contribution in [0.4, 0.5) is 10.9 Å². The second kappa shape index (κ2) is 6.47. The molecule has 4 N–H and O–H groups in total. The van der Waals surface area contributed by atoms with Crippen LogP contribution in [0.2, 0.25) is 0 Å². The van der Waals surface area contributed by atoms with Gasteiger partial charge in [-0.2, -0.15) is 11.8 Å². The molecule has 1 amide bonds. The Bertz CT molecular complexity index is 441. The fourth-order valence-corrected chi connectivity index (χ4v) is 3.78. The lowest BCUT2D eigenvalue weighted by molar-refractivity contribution is 0.0933. The average Bonchev–Trinajstić information content (AvgIpc) is 2.81. The number of anilines is 2. The van der Waals surface area contributed by atoms with Crippen LogP contribution >= 0.6 is 23.1 Å². The van der Waals surface area contributed by atoms with Gasteiger partial charge in [0.05, 0.1) is 0 Å². The van der Waals surface area contributed by atoms with Gasteiger partial charge < -0.3 is 16.4 Å². The van der Waals surface area contributed by atoms with Gasteiger partial charge in [-0.1, -0.05) is 11.3 Å². The summed E-state index contributed by atoms with van der Waals surface area (Å²) in [5.74, 6) is 0.216. The summed E-state index contributed by atoms with van der Waals surface area (Å²) in [6.07, 6.45) is 6.60. The van der Waals surface area contributed by atoms with Crippen molar-refractivity contribution in [1.82, 2.24) is 10.3 Å². The topological polar surface area (TPSA) is 80.0 Å². The standard InChI is InChI=1S/C12H20N4OS2/c1-14-12-16-10(13)9(19-12)11(17)15-7-3-5-8(18-2)6-4-7/h7-8H,3-6,13H2,1-2H3,(H,14,16)(H,15,17). The van der Waals surface area contributed by atoms with Crippen LogP contribution in [-0.4, -0.2) is 35.5 Å². The van der Waals surface area contributed by atoms with Crippen molar-refractivity contribution in [2.75, 3.05) is 24.4 Å². The van der Waals surface area contributed by atoms with Crippen molar-refractivity contribution in [3.8, 4) is 0 Å². The monoisotopic (exact) mass is 300 g/mol. The maximum absolute atomic E-state index is 12.2. The van der Waals surface area contributed by atoms with E-state index in [0.717, 1.165) is 18.1 Å². The molecule has 1 aliphatic rings. The SMILES string of the molecule is CNc1nc(N)c(C(=O)NC2CCC(SC)CC2)s1. The van der Waals surface area contributed by atoms with Crippen molar-refractivity contribution in [1.29, 1.82) is 0 Å². The summed E-state index contributed by atoms with van der Waals surface area (Å²) >= 11 is 3.22. The van der Waals surface area contributed by atoms with Crippen molar-refractivity contribution in [2.45, 2.75) is 37.0 Å². The van der Waals surface area contributed by atoms with E-state index in [1.165, 1.54) is 24.2 Å². The molecule has 5 nitrogen and oxygen atoms in total. The van der Waals surface area contributed by atoms with E-state index in [1.807, 2.05) is 11.8 Å². The van der Waals surface area contributed by atoms with Gasteiger partial charge in [0.1, 0.15) is 10.7 Å². The highest BCUT2D eigenvalue weighted by molar-refractivity contribution is 7.99. The lowest BCUT2D eigenvalue weighted by atomic mass is 9.95. The maximum Gasteiger partial charge on any atom is 0.265 e. The molecule has 7 heteroatoms. The Hall–Kier alpha value is -0.950. The number of nitrogens with two attached hydrogens (primary N) is 1. The Balaban J connectivity index is 1.92. The molecule has 0 aliphatic heterocycles. The van der Waals surface area contributed by atoms with Gasteiger partial charge in [-0.25, -0.2) is 4.98 Å². The molecule has 1 aromatic rings. The molecule has 0 saturated heterocycles. The van der Waals surface area contributed by atoms with E-state index < -0.39 is 0 Å². The van der Waals surface area contributed by atoms with Crippen LogP contribution in [-0.2, 0) is 0 Å². The second-order valence-electron chi connectivity index (χ2n) is 4.67. The van der Waals surface area contributed by atoms with Crippen LogP contribution in [0.25, 0.3) is 0 Å². The summed E-state index contributed by atoms with van der Waals surface area (Å²) in [6.45, 7) is 0. The van der Waals surface area contributed by atoms with E-state index in [2.05, 4.69) is 21.9 Å². The first-order valence-electron chi connectivity index (χ1n) is 6.41. The van der Waals surface area contributed by atoms with Gasteiger partial charge in [0, 0.05) is 18.3 Å². The minimum atomic E-state index is -0.0934. The molecule has 1 fully saturated rings. The third-order valence-corrected chi connectivity index (χ3v) is 5.64. The molecule has 1 saturated carbocycles. The molecule has 0 bridgehead atoms. The molecule has 0 atom stereocenters. The Labute approximate surface area is 121 Å². The minimum absolute atomic E-state index is 0.0934. The summed E-state index contributed by atoms with van der Waals surface area (Å²) in [5, 5.41) is 7.40. The van der Waals surface area contributed by atoms with Crippen molar-refractivity contribution in [3.05, 3.63) is 4.88 Å². The van der Waals surface area contributed by atoms with Gasteiger partial charge in [-0.3, -0.25) is 4.79 Å². The molecule has 0 spiro atoms. The first-order chi connectivity index (χ1) is 9.13. The van der Waals surface area contributed by atoms with E-state index in [0.29, 0.717) is 15.8 Å². The smallest absolute Gasteiger partial charge is 0.265 e. The van der Waals surface area contributed by atoms with E-state index in [9.17, 15) is 4.79 Å². The fraction of sp³-hybridized carbons (Fsp3) is 0.667. The minimum Gasteiger partial charge on any atom is -0.382 e. The van der Waals surface area contributed by atoms with Crippen LogP contribution < -0.4 is 16.4 Å². The van der Waals surface area contributed by atoms with Crippen LogP contribution in [0, 0.1) is 0 Å². The molecule has 2 rings (SSSR count). The number of carbonyl (C=O) groups excluding carboxylic acids is 1. The molecule has 0 aromatic carbocycles. The summed E-state index contributed by atoms with van der Waals surface area (Å²) < 4.78 is 0. The third-order valence-electron chi connectivity index (χ3n) is 3.42. The van der Waals surface area contributed by atoms with Crippen LogP contribution in [0.5, 0.6) is 0 Å². The Morgan fingerprint density at radius 2 is 2.11 bits per heavy atom. The molecule has 1 heterocycles. The number of nitrogens with one attached hydrogen (secondary N) is 2. The van der Waals surface area contributed by atoms with E-state index >= 15 is 0 Å². The first-order valence-corrected chi connectivity index (χ1v) is 8.52. The zero-order valence-electron chi connectivity index (χ0n) is 11.2. The third kappa shape index (κ3) is 3.54. The Kier molecular flexibility index (Phi) is 4.93. The Morgan fingerprint density at radius 3 is 2.63 bits per heavy atom. The summed E-state index contributed by atoms with van der Waals surface area (Å²) in [7, 11) is 1.77. The number of amides is 1. The van der Waals surface area contributed by atoms with Crippen LogP contribution in [0.3, 0.4) is 0 Å². The summed E-state index contributed by atoms with van der Waals surface area (Å²) in [4.78, 5) is 16.8.